The van der Waals surface area contributed by atoms with Gasteiger partial charge in [0.25, 0.3) is 0 Å². The average Bonchev–Trinajstić information content (AvgIpc) is 2.57. The lowest BCUT2D eigenvalue weighted by Gasteiger charge is -2.32. The Labute approximate surface area is 159 Å². The molecule has 2 aromatic carbocycles. The summed E-state index contributed by atoms with van der Waals surface area (Å²) < 4.78 is 42.2. The van der Waals surface area contributed by atoms with Crippen LogP contribution < -0.4 is 9.62 Å². The summed E-state index contributed by atoms with van der Waals surface area (Å²) in [6.07, 6.45) is 0.278. The van der Waals surface area contributed by atoms with Crippen molar-refractivity contribution in [3.63, 3.8) is 0 Å². The van der Waals surface area contributed by atoms with E-state index in [1.54, 1.807) is 25.1 Å². The first-order valence-corrected chi connectivity index (χ1v) is 10.5. The minimum atomic E-state index is -3.69. The molecule has 1 aliphatic heterocycles. The van der Waals surface area contributed by atoms with E-state index in [4.69, 9.17) is 0 Å². The average molecular weight is 390 g/mol. The summed E-state index contributed by atoms with van der Waals surface area (Å²) in [6.45, 7) is 5.93. The van der Waals surface area contributed by atoms with E-state index in [-0.39, 0.29) is 35.4 Å². The van der Waals surface area contributed by atoms with Crippen LogP contribution in [0.3, 0.4) is 0 Å². The van der Waals surface area contributed by atoms with Gasteiger partial charge in [-0.3, -0.25) is 9.52 Å². The van der Waals surface area contributed by atoms with Crippen LogP contribution in [-0.4, -0.2) is 20.9 Å². The summed E-state index contributed by atoms with van der Waals surface area (Å²) in [6, 6.07) is 9.98. The number of anilines is 2. The highest BCUT2D eigenvalue weighted by atomic mass is 32.2. The summed E-state index contributed by atoms with van der Waals surface area (Å²) in [5.74, 6) is -1.08. The van der Waals surface area contributed by atoms with Crippen molar-refractivity contribution in [1.82, 2.24) is 0 Å². The van der Waals surface area contributed by atoms with Crippen molar-refractivity contribution in [2.45, 2.75) is 38.9 Å². The second-order valence-corrected chi connectivity index (χ2v) is 8.71. The van der Waals surface area contributed by atoms with Gasteiger partial charge in [0.05, 0.1) is 17.1 Å². The molecule has 1 amide bonds. The quantitative estimate of drug-likeness (QED) is 0.841. The molecule has 1 N–H and O–H groups in total. The Morgan fingerprint density at radius 2 is 1.89 bits per heavy atom. The molecule has 5 nitrogen and oxygen atoms in total. The third kappa shape index (κ3) is 4.13. The molecule has 7 heteroatoms. The number of aryl methyl sites for hydroxylation is 1. The molecule has 0 spiro atoms. The molecule has 0 aromatic heterocycles. The highest BCUT2D eigenvalue weighted by Gasteiger charge is 2.31. The van der Waals surface area contributed by atoms with Crippen LogP contribution >= 0.6 is 0 Å². The molecule has 144 valence electrons. The van der Waals surface area contributed by atoms with Crippen LogP contribution in [-0.2, 0) is 20.6 Å². The fourth-order valence-electron chi connectivity index (χ4n) is 3.40. The van der Waals surface area contributed by atoms with Gasteiger partial charge in [0.2, 0.25) is 15.9 Å². The third-order valence-corrected chi connectivity index (χ3v) is 6.00. The van der Waals surface area contributed by atoms with Crippen LogP contribution in [0.1, 0.15) is 42.9 Å². The fourth-order valence-corrected chi connectivity index (χ4v) is 4.58. The maximum absolute atomic E-state index is 14.7. The van der Waals surface area contributed by atoms with Crippen molar-refractivity contribution >= 4 is 27.3 Å². The molecular weight excluding hydrogens is 367 g/mol. The molecular formula is C20H23FN2O3S. The van der Waals surface area contributed by atoms with Gasteiger partial charge < -0.3 is 4.90 Å². The smallest absolute Gasteiger partial charge is 0.236 e. The van der Waals surface area contributed by atoms with E-state index >= 15 is 0 Å². The minimum Gasteiger partial charge on any atom is -0.310 e. The van der Waals surface area contributed by atoms with Gasteiger partial charge >= 0.3 is 0 Å². The Hall–Kier alpha value is -2.41. The minimum absolute atomic E-state index is 0.121. The fraction of sp³-hybridized carbons (Fsp3) is 0.350. The van der Waals surface area contributed by atoms with E-state index in [9.17, 15) is 17.6 Å². The lowest BCUT2D eigenvalue weighted by Crippen LogP contribution is -2.36. The monoisotopic (exact) mass is 390 g/mol. The van der Waals surface area contributed by atoms with E-state index in [1.165, 1.54) is 4.90 Å². The highest BCUT2D eigenvalue weighted by molar-refractivity contribution is 7.91. The number of rotatable bonds is 5. The number of hydrogen-bond acceptors (Lipinski definition) is 3. The normalized spacial score (nSPS) is 17.0. The summed E-state index contributed by atoms with van der Waals surface area (Å²) >= 11 is 0. The maximum atomic E-state index is 14.7. The molecule has 0 bridgehead atoms. The molecule has 0 saturated heterocycles. The molecule has 1 atom stereocenters. The molecule has 0 radical (unpaired) electrons. The predicted molar refractivity (Wildman–Crippen MR) is 105 cm³/mol. The zero-order valence-electron chi connectivity index (χ0n) is 15.6. The van der Waals surface area contributed by atoms with Crippen molar-refractivity contribution in [2.75, 3.05) is 16.2 Å². The van der Waals surface area contributed by atoms with Gasteiger partial charge in [0.1, 0.15) is 5.82 Å². The van der Waals surface area contributed by atoms with Crippen LogP contribution in [0, 0.1) is 12.7 Å². The lowest BCUT2D eigenvalue weighted by atomic mass is 9.90. The first-order valence-electron chi connectivity index (χ1n) is 8.90. The third-order valence-electron chi connectivity index (χ3n) is 4.74. The highest BCUT2D eigenvalue weighted by Crippen LogP contribution is 2.39. The largest absolute Gasteiger partial charge is 0.310 e. The van der Waals surface area contributed by atoms with E-state index in [2.05, 4.69) is 4.72 Å². The molecule has 27 heavy (non-hydrogen) atoms. The molecule has 1 unspecified atom stereocenters. The van der Waals surface area contributed by atoms with Crippen LogP contribution in [0.5, 0.6) is 0 Å². The van der Waals surface area contributed by atoms with Gasteiger partial charge in [-0.1, -0.05) is 36.8 Å². The van der Waals surface area contributed by atoms with Crippen LogP contribution in [0.2, 0.25) is 0 Å². The van der Waals surface area contributed by atoms with Crippen LogP contribution in [0.4, 0.5) is 15.8 Å². The van der Waals surface area contributed by atoms with E-state index < -0.39 is 15.8 Å². The molecule has 0 fully saturated rings. The standard InChI is InChI=1S/C20H23FN2O3S/c1-4-23-19(24)9-14(3)17-10-16(11-18(21)20(17)23)22-27(25,26)12-15-7-5-13(2)6-8-15/h5-8,10-11,14,22H,4,9,12H2,1-3H3. The van der Waals surface area contributed by atoms with Crippen molar-refractivity contribution in [2.24, 2.45) is 0 Å². The Kier molecular flexibility index (Phi) is 5.24. The van der Waals surface area contributed by atoms with Gasteiger partial charge in [0.15, 0.2) is 0 Å². The maximum Gasteiger partial charge on any atom is 0.236 e. The number of amides is 1. The molecule has 2 aromatic rings. The SMILES string of the molecule is CCN1C(=O)CC(C)c2cc(NS(=O)(=O)Cc3ccc(C)cc3)cc(F)c21. The Bertz CT molecular complexity index is 971. The van der Waals surface area contributed by atoms with Gasteiger partial charge in [0, 0.05) is 19.0 Å². The van der Waals surface area contributed by atoms with Crippen molar-refractivity contribution in [3.05, 3.63) is 58.9 Å². The number of nitrogens with zero attached hydrogens (tertiary/aromatic N) is 1. The van der Waals surface area contributed by atoms with Gasteiger partial charge in [-0.15, -0.1) is 0 Å². The molecule has 0 aliphatic carbocycles. The summed E-state index contributed by atoms with van der Waals surface area (Å²) in [4.78, 5) is 13.6. The van der Waals surface area contributed by atoms with E-state index in [0.29, 0.717) is 17.7 Å². The number of benzene rings is 2. The topological polar surface area (TPSA) is 66.5 Å². The number of fused-ring (bicyclic) bond motifs is 1. The van der Waals surface area contributed by atoms with Gasteiger partial charge in [-0.2, -0.15) is 0 Å². The zero-order chi connectivity index (χ0) is 19.8. The molecule has 1 heterocycles. The second kappa shape index (κ2) is 7.31. The van der Waals surface area contributed by atoms with Gasteiger partial charge in [-0.25, -0.2) is 12.8 Å². The number of nitrogens with one attached hydrogen (secondary N) is 1. The second-order valence-electron chi connectivity index (χ2n) is 6.99. The first kappa shape index (κ1) is 19.4. The van der Waals surface area contributed by atoms with E-state index in [0.717, 1.165) is 11.6 Å². The van der Waals surface area contributed by atoms with Crippen LogP contribution in [0.15, 0.2) is 36.4 Å². The Morgan fingerprint density at radius 3 is 2.52 bits per heavy atom. The Morgan fingerprint density at radius 1 is 1.22 bits per heavy atom. The molecule has 3 rings (SSSR count). The zero-order valence-corrected chi connectivity index (χ0v) is 16.4. The summed E-state index contributed by atoms with van der Waals surface area (Å²) in [5, 5.41) is 0. The predicted octanol–water partition coefficient (Wildman–Crippen LogP) is 3.94. The van der Waals surface area contributed by atoms with Crippen molar-refractivity contribution in [1.29, 1.82) is 0 Å². The van der Waals surface area contributed by atoms with Crippen molar-refractivity contribution < 1.29 is 17.6 Å². The number of halogens is 1. The number of carbonyl (C=O) groups is 1. The number of carbonyl (C=O) groups excluding carboxylic acids is 1. The summed E-state index contributed by atoms with van der Waals surface area (Å²) in [5.41, 5.74) is 2.77. The Balaban J connectivity index is 1.90. The van der Waals surface area contributed by atoms with E-state index in [1.807, 2.05) is 26.0 Å². The van der Waals surface area contributed by atoms with Gasteiger partial charge in [-0.05, 0) is 37.0 Å². The number of hydrogen-bond donors (Lipinski definition) is 1. The number of sulfonamides is 1. The summed E-state index contributed by atoms with van der Waals surface area (Å²) in [7, 11) is -3.69. The van der Waals surface area contributed by atoms with Crippen LogP contribution in [0.25, 0.3) is 0 Å². The molecule has 0 saturated carbocycles. The molecule has 1 aliphatic rings. The van der Waals surface area contributed by atoms with Crippen molar-refractivity contribution in [3.8, 4) is 0 Å². The lowest BCUT2D eigenvalue weighted by molar-refractivity contribution is -0.119. The first-order chi connectivity index (χ1) is 12.7.